The van der Waals surface area contributed by atoms with Crippen LogP contribution in [0.25, 0.3) is 6.08 Å². The van der Waals surface area contributed by atoms with Crippen molar-refractivity contribution in [1.29, 1.82) is 0 Å². The van der Waals surface area contributed by atoms with E-state index in [0.29, 0.717) is 36.5 Å². The summed E-state index contributed by atoms with van der Waals surface area (Å²) in [6.45, 7) is 4.05. The van der Waals surface area contributed by atoms with Gasteiger partial charge in [0.05, 0.1) is 31.9 Å². The molecule has 2 heterocycles. The number of nitrogens with zero attached hydrogens (tertiary/aromatic N) is 2. The van der Waals surface area contributed by atoms with Crippen LogP contribution in [0.2, 0.25) is 0 Å². The number of thiazole rings is 1. The van der Waals surface area contributed by atoms with Crippen molar-refractivity contribution in [3.63, 3.8) is 0 Å². The van der Waals surface area contributed by atoms with Gasteiger partial charge in [-0.1, -0.05) is 77.6 Å². The van der Waals surface area contributed by atoms with E-state index in [0.717, 1.165) is 22.3 Å². The molecule has 230 valence electrons. The maximum absolute atomic E-state index is 14.0. The minimum atomic E-state index is -0.979. The number of carbonyl (C=O) groups excluding carboxylic acids is 1. The first-order valence-electron chi connectivity index (χ1n) is 14.4. The first-order valence-corrected chi connectivity index (χ1v) is 16.0. The number of fused-ring (bicyclic) bond motifs is 1. The lowest BCUT2D eigenvalue weighted by Crippen LogP contribution is -2.40. The van der Waals surface area contributed by atoms with E-state index in [1.54, 1.807) is 41.8 Å². The second-order valence-electron chi connectivity index (χ2n) is 10.8. The highest BCUT2D eigenvalue weighted by molar-refractivity contribution is 9.10. The average molecular weight is 695 g/mol. The molecule has 1 atom stereocenters. The SMILES string of the molecule is CC1=C(C(=O)Nc2ccccc2)[C@H](c2ccc(C)cc2)n2c(s/c(=C/c3ccc(OCc4ccc(C(=O)O)cc4)c(Br)c3)c2=O)=N1. The topological polar surface area (TPSA) is 110 Å². The van der Waals surface area contributed by atoms with Crippen LogP contribution in [-0.4, -0.2) is 21.6 Å². The highest BCUT2D eigenvalue weighted by Crippen LogP contribution is 2.31. The Morgan fingerprint density at radius 2 is 1.72 bits per heavy atom. The van der Waals surface area contributed by atoms with Crippen LogP contribution in [0, 0.1) is 6.92 Å². The molecule has 0 aliphatic carbocycles. The Kier molecular flexibility index (Phi) is 8.83. The van der Waals surface area contributed by atoms with Crippen LogP contribution in [0.1, 0.15) is 45.6 Å². The van der Waals surface area contributed by atoms with E-state index in [2.05, 4.69) is 21.2 Å². The van der Waals surface area contributed by atoms with E-state index in [-0.39, 0.29) is 23.6 Å². The molecular formula is C36H28BrN3O5S. The second-order valence-corrected chi connectivity index (χ2v) is 12.7. The molecule has 5 aromatic rings. The summed E-state index contributed by atoms with van der Waals surface area (Å²) in [6.07, 6.45) is 1.80. The lowest BCUT2D eigenvalue weighted by Gasteiger charge is -2.25. The fourth-order valence-corrected chi connectivity index (χ4v) is 6.73. The van der Waals surface area contributed by atoms with E-state index in [4.69, 9.17) is 14.8 Å². The summed E-state index contributed by atoms with van der Waals surface area (Å²) in [4.78, 5) is 44.1. The molecule has 0 fully saturated rings. The number of rotatable bonds is 8. The van der Waals surface area contributed by atoms with E-state index < -0.39 is 12.0 Å². The molecule has 0 radical (unpaired) electrons. The van der Waals surface area contributed by atoms with Crippen molar-refractivity contribution in [3.8, 4) is 5.75 Å². The van der Waals surface area contributed by atoms with Crippen molar-refractivity contribution < 1.29 is 19.4 Å². The predicted molar refractivity (Wildman–Crippen MR) is 182 cm³/mol. The fourth-order valence-electron chi connectivity index (χ4n) is 5.18. The van der Waals surface area contributed by atoms with Gasteiger partial charge in [0.15, 0.2) is 4.80 Å². The molecule has 8 nitrogen and oxygen atoms in total. The molecule has 0 unspecified atom stereocenters. The second kappa shape index (κ2) is 13.1. The van der Waals surface area contributed by atoms with Gasteiger partial charge in [0.1, 0.15) is 12.4 Å². The van der Waals surface area contributed by atoms with Gasteiger partial charge >= 0.3 is 5.97 Å². The maximum Gasteiger partial charge on any atom is 0.335 e. The molecule has 4 aromatic carbocycles. The number of aryl methyl sites for hydroxylation is 1. The van der Waals surface area contributed by atoms with Crippen LogP contribution in [-0.2, 0) is 11.4 Å². The van der Waals surface area contributed by atoms with Crippen molar-refractivity contribution in [2.45, 2.75) is 26.5 Å². The molecule has 1 amide bonds. The Morgan fingerprint density at radius 1 is 1.00 bits per heavy atom. The smallest absolute Gasteiger partial charge is 0.335 e. The van der Waals surface area contributed by atoms with Gasteiger partial charge in [0, 0.05) is 5.69 Å². The number of amides is 1. The van der Waals surface area contributed by atoms with Crippen LogP contribution >= 0.6 is 27.3 Å². The number of halogens is 1. The van der Waals surface area contributed by atoms with Gasteiger partial charge in [-0.05, 0) is 88.9 Å². The van der Waals surface area contributed by atoms with Crippen molar-refractivity contribution in [2.24, 2.45) is 4.99 Å². The Morgan fingerprint density at radius 3 is 2.39 bits per heavy atom. The number of aromatic carboxylic acids is 1. The van der Waals surface area contributed by atoms with Crippen LogP contribution in [0.3, 0.4) is 0 Å². The number of nitrogens with one attached hydrogen (secondary N) is 1. The van der Waals surface area contributed by atoms with E-state index in [1.807, 2.05) is 79.7 Å². The monoisotopic (exact) mass is 693 g/mol. The van der Waals surface area contributed by atoms with Crippen molar-refractivity contribution in [2.75, 3.05) is 5.32 Å². The van der Waals surface area contributed by atoms with Crippen LogP contribution < -0.4 is 24.9 Å². The number of benzene rings is 4. The first-order chi connectivity index (χ1) is 22.2. The minimum absolute atomic E-state index is 0.214. The van der Waals surface area contributed by atoms with Gasteiger partial charge < -0.3 is 15.2 Å². The number of aromatic nitrogens is 1. The highest BCUT2D eigenvalue weighted by atomic mass is 79.9. The minimum Gasteiger partial charge on any atom is -0.488 e. The van der Waals surface area contributed by atoms with Crippen molar-refractivity contribution in [3.05, 3.63) is 160 Å². The largest absolute Gasteiger partial charge is 0.488 e. The quantitative estimate of drug-likeness (QED) is 0.201. The van der Waals surface area contributed by atoms with E-state index in [1.165, 1.54) is 11.3 Å². The molecule has 1 aliphatic rings. The van der Waals surface area contributed by atoms with Gasteiger partial charge in [-0.3, -0.25) is 14.2 Å². The number of carbonyl (C=O) groups is 2. The molecule has 0 saturated carbocycles. The fraction of sp³-hybridized carbons (Fsp3) is 0.111. The van der Waals surface area contributed by atoms with Crippen molar-refractivity contribution in [1.82, 2.24) is 4.57 Å². The Hall–Kier alpha value is -5.06. The molecule has 1 aliphatic heterocycles. The van der Waals surface area contributed by atoms with E-state index in [9.17, 15) is 14.4 Å². The molecule has 10 heteroatoms. The molecular weight excluding hydrogens is 666 g/mol. The van der Waals surface area contributed by atoms with Crippen LogP contribution in [0.4, 0.5) is 5.69 Å². The van der Waals surface area contributed by atoms with Gasteiger partial charge in [0.25, 0.3) is 11.5 Å². The number of hydrogen-bond donors (Lipinski definition) is 2. The molecule has 0 bridgehead atoms. The summed E-state index contributed by atoms with van der Waals surface area (Å²) in [7, 11) is 0. The lowest BCUT2D eigenvalue weighted by molar-refractivity contribution is -0.113. The normalized spacial score (nSPS) is 14.4. The third-order valence-electron chi connectivity index (χ3n) is 7.54. The number of carboxylic acids is 1. The Balaban J connectivity index is 1.32. The molecule has 6 rings (SSSR count). The molecule has 2 N–H and O–H groups in total. The van der Waals surface area contributed by atoms with Gasteiger partial charge in [-0.25, -0.2) is 9.79 Å². The Labute approximate surface area is 276 Å². The summed E-state index contributed by atoms with van der Waals surface area (Å²) in [6, 6.07) is 28.4. The third kappa shape index (κ3) is 6.49. The zero-order valence-electron chi connectivity index (χ0n) is 24.9. The number of ether oxygens (including phenoxy) is 1. The summed E-state index contributed by atoms with van der Waals surface area (Å²) in [5, 5.41) is 12.1. The summed E-state index contributed by atoms with van der Waals surface area (Å²) >= 11 is 4.85. The van der Waals surface area contributed by atoms with Gasteiger partial charge in [-0.15, -0.1) is 0 Å². The number of anilines is 1. The lowest BCUT2D eigenvalue weighted by atomic mass is 9.94. The molecule has 0 saturated heterocycles. The summed E-state index contributed by atoms with van der Waals surface area (Å²) < 4.78 is 8.73. The van der Waals surface area contributed by atoms with Gasteiger partial charge in [-0.2, -0.15) is 0 Å². The standard InChI is InChI=1S/C36H28BrN3O5S/c1-21-8-13-25(14-9-21)32-31(33(41)39-27-6-4-3-5-7-27)22(2)38-36-40(32)34(42)30(46-36)19-24-12-17-29(28(37)18-24)45-20-23-10-15-26(16-11-23)35(43)44/h3-19,32H,20H2,1-2H3,(H,39,41)(H,43,44)/b30-19+/t32-/m0/s1. The van der Waals surface area contributed by atoms with E-state index >= 15 is 0 Å². The van der Waals surface area contributed by atoms with Crippen LogP contribution in [0.5, 0.6) is 5.75 Å². The van der Waals surface area contributed by atoms with Crippen LogP contribution in [0.15, 0.2) is 123 Å². The van der Waals surface area contributed by atoms with Crippen molar-refractivity contribution >= 4 is 50.9 Å². The average Bonchev–Trinajstić information content (AvgIpc) is 3.34. The number of para-hydroxylation sites is 1. The number of hydrogen-bond acceptors (Lipinski definition) is 6. The molecule has 0 spiro atoms. The first kappa shape index (κ1) is 30.9. The zero-order valence-corrected chi connectivity index (χ0v) is 27.3. The van der Waals surface area contributed by atoms with Gasteiger partial charge in [0.2, 0.25) is 0 Å². The summed E-state index contributed by atoms with van der Waals surface area (Å²) in [5.41, 5.74) is 5.08. The maximum atomic E-state index is 14.0. The molecule has 46 heavy (non-hydrogen) atoms. The summed E-state index contributed by atoms with van der Waals surface area (Å²) in [5.74, 6) is -0.692. The molecule has 1 aromatic heterocycles. The number of carboxylic acid groups (broad SMARTS) is 1. The highest BCUT2D eigenvalue weighted by Gasteiger charge is 2.32. The zero-order chi connectivity index (χ0) is 32.4. The Bertz CT molecular complexity index is 2170. The third-order valence-corrected chi connectivity index (χ3v) is 9.14. The predicted octanol–water partition coefficient (Wildman–Crippen LogP) is 6.22. The number of allylic oxidation sites excluding steroid dienone is 1.